The van der Waals surface area contributed by atoms with Gasteiger partial charge in [0, 0.05) is 5.56 Å². The number of carbonyl (C=O) groups is 5. The lowest BCUT2D eigenvalue weighted by atomic mass is 10.0. The number of esters is 1. The van der Waals surface area contributed by atoms with E-state index in [0.717, 1.165) is 5.56 Å². The molecule has 0 radical (unpaired) electrons. The Morgan fingerprint density at radius 1 is 0.775 bits per heavy atom. The molecule has 2 aromatic rings. The maximum Gasteiger partial charge on any atom is 0.408 e. The molecule has 0 aliphatic rings. The molecule has 0 aliphatic carbocycles. The first kappa shape index (κ1) is 31.8. The number of unbranched alkanes of at least 4 members (excludes halogenated alkanes) is 1. The van der Waals surface area contributed by atoms with E-state index < -0.39 is 54.2 Å². The van der Waals surface area contributed by atoms with Gasteiger partial charge >= 0.3 is 24.1 Å². The first-order valence-corrected chi connectivity index (χ1v) is 12.9. The van der Waals surface area contributed by atoms with Crippen LogP contribution in [0.4, 0.5) is 9.59 Å². The van der Waals surface area contributed by atoms with Crippen LogP contribution in [0.15, 0.2) is 60.7 Å². The molecule has 2 rings (SSSR count). The van der Waals surface area contributed by atoms with Crippen molar-refractivity contribution in [1.82, 2.24) is 10.6 Å². The molecule has 0 fully saturated rings. The molecule has 0 heterocycles. The summed E-state index contributed by atoms with van der Waals surface area (Å²) < 4.78 is 15.5. The van der Waals surface area contributed by atoms with Crippen LogP contribution in [0.3, 0.4) is 0 Å². The second-order valence-corrected chi connectivity index (χ2v) is 9.98. The number of alkyl carbamates (subject to hydrolysis) is 2. The summed E-state index contributed by atoms with van der Waals surface area (Å²) in [5, 5.41) is 14.2. The van der Waals surface area contributed by atoms with E-state index in [1.54, 1.807) is 75.4 Å². The predicted molar refractivity (Wildman–Crippen MR) is 145 cm³/mol. The summed E-state index contributed by atoms with van der Waals surface area (Å²) in [5.74, 6) is -2.47. The lowest BCUT2D eigenvalue weighted by molar-refractivity contribution is -0.145. The fraction of sp³-hybridized carbons (Fsp3) is 0.414. The number of aliphatic carboxylic acids is 1. The van der Waals surface area contributed by atoms with Gasteiger partial charge in [0.15, 0.2) is 12.4 Å². The van der Waals surface area contributed by atoms with Crippen molar-refractivity contribution in [2.24, 2.45) is 0 Å². The highest BCUT2D eigenvalue weighted by atomic mass is 16.6. The summed E-state index contributed by atoms with van der Waals surface area (Å²) in [5.41, 5.74) is 0.338. The van der Waals surface area contributed by atoms with Gasteiger partial charge < -0.3 is 30.0 Å². The zero-order chi connectivity index (χ0) is 29.5. The highest BCUT2D eigenvalue weighted by Gasteiger charge is 2.26. The summed E-state index contributed by atoms with van der Waals surface area (Å²) in [7, 11) is 0. The summed E-state index contributed by atoms with van der Waals surface area (Å²) in [6.45, 7) is 4.45. The van der Waals surface area contributed by atoms with Crippen molar-refractivity contribution in [2.75, 3.05) is 6.61 Å². The highest BCUT2D eigenvalue weighted by molar-refractivity contribution is 5.98. The first-order valence-electron chi connectivity index (χ1n) is 12.9. The Morgan fingerprint density at radius 2 is 1.32 bits per heavy atom. The number of carboxylic acids is 1. The molecule has 2 amide bonds. The zero-order valence-electron chi connectivity index (χ0n) is 22.9. The number of carbonyl (C=O) groups excluding carboxylic acids is 4. The SMILES string of the molecule is CC(C)(C)OC(=O)N[C@@H](CCCC[C@H](NC(=O)OCc1ccccc1)C(=O)OCC(=O)c1ccccc1)C(=O)O. The number of rotatable bonds is 14. The van der Waals surface area contributed by atoms with Gasteiger partial charge in [-0.25, -0.2) is 19.2 Å². The molecule has 216 valence electrons. The molecular formula is C29H36N2O9. The Hall–Kier alpha value is -4.41. The van der Waals surface area contributed by atoms with Crippen molar-refractivity contribution in [2.45, 2.75) is 70.7 Å². The number of amides is 2. The van der Waals surface area contributed by atoms with E-state index in [2.05, 4.69) is 10.6 Å². The molecule has 0 bridgehead atoms. The number of benzene rings is 2. The van der Waals surface area contributed by atoms with E-state index >= 15 is 0 Å². The maximum atomic E-state index is 12.8. The van der Waals surface area contributed by atoms with Gasteiger partial charge in [0.2, 0.25) is 0 Å². The smallest absolute Gasteiger partial charge is 0.408 e. The Bertz CT molecular complexity index is 1130. The van der Waals surface area contributed by atoms with Gasteiger partial charge in [0.05, 0.1) is 0 Å². The topological polar surface area (TPSA) is 157 Å². The van der Waals surface area contributed by atoms with Gasteiger partial charge in [-0.1, -0.05) is 73.5 Å². The fourth-order valence-corrected chi connectivity index (χ4v) is 3.50. The Kier molecular flexibility index (Phi) is 12.6. The minimum atomic E-state index is -1.23. The zero-order valence-corrected chi connectivity index (χ0v) is 22.9. The second-order valence-electron chi connectivity index (χ2n) is 9.98. The van der Waals surface area contributed by atoms with Crippen LogP contribution in [0.5, 0.6) is 0 Å². The molecule has 0 saturated carbocycles. The summed E-state index contributed by atoms with van der Waals surface area (Å²) in [6.07, 6.45) is -0.980. The van der Waals surface area contributed by atoms with Crippen LogP contribution >= 0.6 is 0 Å². The second kappa shape index (κ2) is 15.9. The van der Waals surface area contributed by atoms with Crippen LogP contribution in [-0.4, -0.2) is 59.3 Å². The third-order valence-electron chi connectivity index (χ3n) is 5.46. The fourth-order valence-electron chi connectivity index (χ4n) is 3.50. The van der Waals surface area contributed by atoms with Gasteiger partial charge in [-0.3, -0.25) is 4.79 Å². The summed E-state index contributed by atoms with van der Waals surface area (Å²) in [6, 6.07) is 14.9. The van der Waals surface area contributed by atoms with E-state index in [-0.39, 0.29) is 19.4 Å². The number of ketones is 1. The molecule has 0 unspecified atom stereocenters. The van der Waals surface area contributed by atoms with Crippen molar-refractivity contribution >= 4 is 29.9 Å². The van der Waals surface area contributed by atoms with Gasteiger partial charge in [0.1, 0.15) is 24.3 Å². The minimum Gasteiger partial charge on any atom is -0.480 e. The molecule has 0 aromatic heterocycles. The number of carboxylic acid groups (broad SMARTS) is 1. The van der Waals surface area contributed by atoms with Crippen molar-refractivity contribution in [3.63, 3.8) is 0 Å². The van der Waals surface area contributed by atoms with Crippen LogP contribution in [0.2, 0.25) is 0 Å². The van der Waals surface area contributed by atoms with E-state index in [1.807, 2.05) is 6.07 Å². The van der Waals surface area contributed by atoms with Crippen LogP contribution in [0, 0.1) is 0 Å². The van der Waals surface area contributed by atoms with Crippen molar-refractivity contribution in [3.05, 3.63) is 71.8 Å². The van der Waals surface area contributed by atoms with E-state index in [9.17, 15) is 29.1 Å². The molecule has 2 aromatic carbocycles. The largest absolute Gasteiger partial charge is 0.480 e. The molecule has 0 aliphatic heterocycles. The van der Waals surface area contributed by atoms with E-state index in [0.29, 0.717) is 18.4 Å². The molecule has 2 atom stereocenters. The van der Waals surface area contributed by atoms with Crippen molar-refractivity contribution < 1.29 is 43.3 Å². The van der Waals surface area contributed by atoms with Gasteiger partial charge in [0.25, 0.3) is 0 Å². The molecule has 0 spiro atoms. The van der Waals surface area contributed by atoms with Gasteiger partial charge in [-0.15, -0.1) is 0 Å². The van der Waals surface area contributed by atoms with Crippen LogP contribution in [-0.2, 0) is 30.4 Å². The molecule has 11 heteroatoms. The highest BCUT2D eigenvalue weighted by Crippen LogP contribution is 2.12. The monoisotopic (exact) mass is 556 g/mol. The van der Waals surface area contributed by atoms with Crippen LogP contribution < -0.4 is 10.6 Å². The Balaban J connectivity index is 1.94. The molecule has 11 nitrogen and oxygen atoms in total. The lowest BCUT2D eigenvalue weighted by Gasteiger charge is -2.22. The molecular weight excluding hydrogens is 520 g/mol. The number of nitrogens with one attached hydrogen (secondary N) is 2. The number of hydrogen-bond donors (Lipinski definition) is 3. The van der Waals surface area contributed by atoms with E-state index in [4.69, 9.17) is 14.2 Å². The molecule has 3 N–H and O–H groups in total. The van der Waals surface area contributed by atoms with Gasteiger partial charge in [-0.2, -0.15) is 0 Å². The third kappa shape index (κ3) is 12.4. The average Bonchev–Trinajstić information content (AvgIpc) is 2.91. The van der Waals surface area contributed by atoms with Crippen molar-refractivity contribution in [3.8, 4) is 0 Å². The Morgan fingerprint density at radius 3 is 1.90 bits per heavy atom. The van der Waals surface area contributed by atoms with Crippen molar-refractivity contribution in [1.29, 1.82) is 0 Å². The quantitative estimate of drug-likeness (QED) is 0.134. The maximum absolute atomic E-state index is 12.8. The minimum absolute atomic E-state index is 0.0163. The summed E-state index contributed by atoms with van der Waals surface area (Å²) >= 11 is 0. The average molecular weight is 557 g/mol. The number of Topliss-reactive ketones (excluding diaryl/α,β-unsaturated/α-hetero) is 1. The number of ether oxygens (including phenoxy) is 3. The van der Waals surface area contributed by atoms with E-state index in [1.165, 1.54) is 0 Å². The summed E-state index contributed by atoms with van der Waals surface area (Å²) in [4.78, 5) is 61.1. The molecule has 0 saturated heterocycles. The van der Waals surface area contributed by atoms with Gasteiger partial charge in [-0.05, 0) is 39.2 Å². The lowest BCUT2D eigenvalue weighted by Crippen LogP contribution is -2.44. The first-order chi connectivity index (χ1) is 18.9. The number of hydrogen-bond acceptors (Lipinski definition) is 8. The predicted octanol–water partition coefficient (Wildman–Crippen LogP) is 4.25. The van der Waals surface area contributed by atoms with Crippen LogP contribution in [0.1, 0.15) is 62.4 Å². The molecule has 40 heavy (non-hydrogen) atoms. The normalized spacial score (nSPS) is 12.4. The van der Waals surface area contributed by atoms with Crippen LogP contribution in [0.25, 0.3) is 0 Å². The Labute approximate surface area is 233 Å². The standard InChI is InChI=1S/C29H36N2O9/c1-29(2,3)40-28(37)30-22(25(33)34)16-10-11-17-23(31-27(36)39-18-20-12-6-4-7-13-20)26(35)38-19-24(32)21-14-8-5-9-15-21/h4-9,12-15,22-23H,10-11,16-19H2,1-3H3,(H,30,37)(H,31,36)(H,33,34)/t22-,23-/m0/s1. The third-order valence-corrected chi connectivity index (χ3v) is 5.46.